The maximum absolute atomic E-state index is 12.6. The molecule has 0 aliphatic carbocycles. The van der Waals surface area contributed by atoms with Gasteiger partial charge in [-0.2, -0.15) is 0 Å². The van der Waals surface area contributed by atoms with E-state index in [9.17, 15) is 9.59 Å². The van der Waals surface area contributed by atoms with Crippen LogP contribution in [0.15, 0.2) is 35.3 Å². The Morgan fingerprint density at radius 3 is 2.50 bits per heavy atom. The molecular formula is C18H21NO3. The number of ether oxygens (including phenoxy) is 1. The zero-order chi connectivity index (χ0) is 16.0. The van der Waals surface area contributed by atoms with Crippen LogP contribution < -0.4 is 0 Å². The Hall–Kier alpha value is -1.97. The van der Waals surface area contributed by atoms with Gasteiger partial charge in [0.2, 0.25) is 0 Å². The van der Waals surface area contributed by atoms with Crippen LogP contribution in [0.25, 0.3) is 0 Å². The summed E-state index contributed by atoms with van der Waals surface area (Å²) in [5.74, 6) is -0.156. The topological polar surface area (TPSA) is 55.7 Å². The van der Waals surface area contributed by atoms with Crippen LogP contribution in [-0.4, -0.2) is 30.1 Å². The van der Waals surface area contributed by atoms with Crippen molar-refractivity contribution in [3.8, 4) is 0 Å². The molecule has 0 aromatic heterocycles. The molecule has 2 aliphatic rings. The Morgan fingerprint density at radius 1 is 1.27 bits per heavy atom. The van der Waals surface area contributed by atoms with Gasteiger partial charge in [-0.25, -0.2) is 0 Å². The van der Waals surface area contributed by atoms with Crippen LogP contribution in [0, 0.1) is 10.8 Å². The summed E-state index contributed by atoms with van der Waals surface area (Å²) in [7, 11) is 0. The van der Waals surface area contributed by atoms with Gasteiger partial charge in [0.25, 0.3) is 0 Å². The lowest BCUT2D eigenvalue weighted by atomic mass is 9.74. The second kappa shape index (κ2) is 5.04. The number of cyclic esters (lactones) is 1. The normalized spacial score (nSPS) is 27.9. The predicted molar refractivity (Wildman–Crippen MR) is 83.9 cm³/mol. The van der Waals surface area contributed by atoms with E-state index in [2.05, 4.69) is 4.99 Å². The van der Waals surface area contributed by atoms with E-state index in [4.69, 9.17) is 4.74 Å². The molecule has 1 spiro atoms. The number of hydrogen-bond acceptors (Lipinski definition) is 4. The number of aliphatic imine (C=N–C) groups is 1. The van der Waals surface area contributed by atoms with Crippen molar-refractivity contribution < 1.29 is 14.3 Å². The Labute approximate surface area is 130 Å². The Bertz CT molecular complexity index is 642. The molecule has 2 atom stereocenters. The van der Waals surface area contributed by atoms with Gasteiger partial charge in [-0.15, -0.1) is 0 Å². The maximum atomic E-state index is 12.6. The van der Waals surface area contributed by atoms with E-state index in [1.165, 1.54) is 0 Å². The molecule has 2 aliphatic heterocycles. The van der Waals surface area contributed by atoms with Crippen molar-refractivity contribution in [1.29, 1.82) is 0 Å². The Kier molecular flexibility index (Phi) is 3.42. The molecule has 1 aromatic carbocycles. The van der Waals surface area contributed by atoms with Crippen molar-refractivity contribution in [1.82, 2.24) is 0 Å². The fourth-order valence-electron chi connectivity index (χ4n) is 3.31. The molecule has 1 unspecified atom stereocenters. The molecule has 0 saturated carbocycles. The first-order chi connectivity index (χ1) is 10.3. The third kappa shape index (κ3) is 2.27. The molecule has 0 bridgehead atoms. The minimum Gasteiger partial charge on any atom is -0.465 e. The number of Topliss-reactive ketones (excluding diaryl/α,β-unsaturated/α-hetero) is 1. The minimum atomic E-state index is -0.743. The molecule has 0 N–H and O–H groups in total. The largest absolute Gasteiger partial charge is 0.465 e. The van der Waals surface area contributed by atoms with Crippen molar-refractivity contribution >= 4 is 17.5 Å². The summed E-state index contributed by atoms with van der Waals surface area (Å²) in [6.45, 7) is 6.09. The van der Waals surface area contributed by atoms with Gasteiger partial charge in [0.15, 0.2) is 5.78 Å². The van der Waals surface area contributed by atoms with Gasteiger partial charge in [0, 0.05) is 11.8 Å². The predicted octanol–water partition coefficient (Wildman–Crippen LogP) is 2.80. The van der Waals surface area contributed by atoms with E-state index < -0.39 is 16.9 Å². The molecule has 116 valence electrons. The van der Waals surface area contributed by atoms with E-state index in [0.29, 0.717) is 19.4 Å². The highest BCUT2D eigenvalue weighted by atomic mass is 16.5. The number of rotatable bonds is 2. The van der Waals surface area contributed by atoms with Crippen molar-refractivity contribution in [2.24, 2.45) is 15.8 Å². The SMILES string of the molecule is CC(C)(C)C(=O)[C@@H]1CC2(CCOC2=O)C(c2ccccc2)=N1. The fraction of sp³-hybridized carbons (Fsp3) is 0.500. The zero-order valence-corrected chi connectivity index (χ0v) is 13.3. The lowest BCUT2D eigenvalue weighted by molar-refractivity contribution is -0.143. The van der Waals surface area contributed by atoms with Gasteiger partial charge in [-0.05, 0) is 12.0 Å². The van der Waals surface area contributed by atoms with Crippen LogP contribution in [0.5, 0.6) is 0 Å². The van der Waals surface area contributed by atoms with E-state index in [1.807, 2.05) is 51.1 Å². The van der Waals surface area contributed by atoms with E-state index in [0.717, 1.165) is 11.3 Å². The molecule has 1 fully saturated rings. The summed E-state index contributed by atoms with van der Waals surface area (Å²) in [4.78, 5) is 29.7. The molecule has 4 nitrogen and oxygen atoms in total. The zero-order valence-electron chi connectivity index (χ0n) is 13.3. The third-order valence-electron chi connectivity index (χ3n) is 4.52. The van der Waals surface area contributed by atoms with Crippen molar-refractivity contribution in [2.45, 2.75) is 39.7 Å². The number of benzene rings is 1. The molecular weight excluding hydrogens is 278 g/mol. The second-order valence-electron chi connectivity index (χ2n) is 7.15. The van der Waals surface area contributed by atoms with Crippen LogP contribution in [0.3, 0.4) is 0 Å². The monoisotopic (exact) mass is 299 g/mol. The van der Waals surface area contributed by atoms with E-state index in [-0.39, 0.29) is 11.8 Å². The first kappa shape index (κ1) is 14.9. The van der Waals surface area contributed by atoms with Gasteiger partial charge in [0.05, 0.1) is 12.3 Å². The minimum absolute atomic E-state index is 0.0810. The smallest absolute Gasteiger partial charge is 0.318 e. The van der Waals surface area contributed by atoms with Gasteiger partial charge < -0.3 is 4.74 Å². The third-order valence-corrected chi connectivity index (χ3v) is 4.52. The standard InChI is InChI=1S/C18H21NO3/c1-17(2,3)15(20)13-11-18(9-10-22-16(18)21)14(19-13)12-7-5-4-6-8-12/h4-8,13H,9-11H2,1-3H3/t13-,18?/m0/s1. The molecule has 0 radical (unpaired) electrons. The molecule has 0 amide bonds. The summed E-state index contributed by atoms with van der Waals surface area (Å²) in [5, 5.41) is 0. The lowest BCUT2D eigenvalue weighted by Crippen LogP contribution is -2.36. The summed E-state index contributed by atoms with van der Waals surface area (Å²) < 4.78 is 5.22. The van der Waals surface area contributed by atoms with Crippen LogP contribution in [0.4, 0.5) is 0 Å². The summed E-state index contributed by atoms with van der Waals surface area (Å²) in [6.07, 6.45) is 1.04. The van der Waals surface area contributed by atoms with Crippen molar-refractivity contribution in [3.05, 3.63) is 35.9 Å². The quantitative estimate of drug-likeness (QED) is 0.789. The number of esters is 1. The molecule has 1 aromatic rings. The van der Waals surface area contributed by atoms with Gasteiger partial charge in [-0.3, -0.25) is 14.6 Å². The van der Waals surface area contributed by atoms with Gasteiger partial charge in [0.1, 0.15) is 11.5 Å². The fourth-order valence-corrected chi connectivity index (χ4v) is 3.31. The Morgan fingerprint density at radius 2 is 1.95 bits per heavy atom. The van der Waals surface area contributed by atoms with Crippen LogP contribution >= 0.6 is 0 Å². The molecule has 22 heavy (non-hydrogen) atoms. The van der Waals surface area contributed by atoms with Gasteiger partial charge >= 0.3 is 5.97 Å². The summed E-state index contributed by atoms with van der Waals surface area (Å²) >= 11 is 0. The molecule has 4 heteroatoms. The average molecular weight is 299 g/mol. The van der Waals surface area contributed by atoms with Gasteiger partial charge in [-0.1, -0.05) is 51.1 Å². The summed E-state index contributed by atoms with van der Waals surface area (Å²) in [5.41, 5.74) is 0.417. The molecule has 2 heterocycles. The second-order valence-corrected chi connectivity index (χ2v) is 7.15. The van der Waals surface area contributed by atoms with E-state index >= 15 is 0 Å². The highest BCUT2D eigenvalue weighted by Gasteiger charge is 2.55. The molecule has 1 saturated heterocycles. The number of nitrogens with zero attached hydrogens (tertiary/aromatic N) is 1. The van der Waals surface area contributed by atoms with Crippen LogP contribution in [0.1, 0.15) is 39.2 Å². The van der Waals surface area contributed by atoms with Crippen molar-refractivity contribution in [3.63, 3.8) is 0 Å². The molecule has 3 rings (SSSR count). The van der Waals surface area contributed by atoms with E-state index in [1.54, 1.807) is 0 Å². The van der Waals surface area contributed by atoms with Crippen LogP contribution in [0.2, 0.25) is 0 Å². The first-order valence-corrected chi connectivity index (χ1v) is 7.70. The number of carbonyl (C=O) groups is 2. The Balaban J connectivity index is 2.05. The number of ketones is 1. The first-order valence-electron chi connectivity index (χ1n) is 7.70. The average Bonchev–Trinajstić information content (AvgIpc) is 3.04. The van der Waals surface area contributed by atoms with Crippen molar-refractivity contribution in [2.75, 3.05) is 6.61 Å². The number of carbonyl (C=O) groups excluding carboxylic acids is 2. The highest BCUT2D eigenvalue weighted by Crippen LogP contribution is 2.45. The highest BCUT2D eigenvalue weighted by molar-refractivity contribution is 6.18. The maximum Gasteiger partial charge on any atom is 0.318 e. The number of hydrogen-bond donors (Lipinski definition) is 0. The lowest BCUT2D eigenvalue weighted by Gasteiger charge is -2.23. The van der Waals surface area contributed by atoms with Crippen LogP contribution in [-0.2, 0) is 14.3 Å². The summed E-state index contributed by atoms with van der Waals surface area (Å²) in [6, 6.07) is 9.19.